The summed E-state index contributed by atoms with van der Waals surface area (Å²) in [5, 5.41) is 10.6. The number of carbonyl (C=O) groups excluding carboxylic acids is 1. The molecule has 38 heavy (non-hydrogen) atoms. The Hall–Kier alpha value is -3.93. The predicted octanol–water partition coefficient (Wildman–Crippen LogP) is 3.62. The van der Waals surface area contributed by atoms with E-state index < -0.39 is 34.8 Å². The van der Waals surface area contributed by atoms with Crippen molar-refractivity contribution < 1.29 is 37.4 Å². The predicted molar refractivity (Wildman–Crippen MR) is 137 cm³/mol. The number of benzene rings is 3. The van der Waals surface area contributed by atoms with Crippen LogP contribution >= 0.6 is 0 Å². The summed E-state index contributed by atoms with van der Waals surface area (Å²) in [6.07, 6.45) is -0.372. The quantitative estimate of drug-likeness (QED) is 0.406. The van der Waals surface area contributed by atoms with E-state index in [4.69, 9.17) is 14.3 Å². The standard InChI is InChI=1S/C27H28N2O8S/c1-28(2)38(33,34)21-12-13-24(35-18-25(30)31)23(16-21)26-22-11-7-6-10-20(22)14-15-29(26)37-27(32)36-17-19-8-4-3-5-9-19/h3-13,16,26H,14-15,17-18H2,1-2H3,(H,30,31). The van der Waals surface area contributed by atoms with Crippen LogP contribution in [0.15, 0.2) is 77.7 Å². The van der Waals surface area contributed by atoms with Crippen LogP contribution in [-0.4, -0.2) is 62.3 Å². The summed E-state index contributed by atoms with van der Waals surface area (Å²) in [7, 11) is -1.00. The van der Waals surface area contributed by atoms with E-state index in [2.05, 4.69) is 0 Å². The van der Waals surface area contributed by atoms with Gasteiger partial charge >= 0.3 is 12.1 Å². The fourth-order valence-corrected chi connectivity index (χ4v) is 5.12. The molecule has 200 valence electrons. The highest BCUT2D eigenvalue weighted by Crippen LogP contribution is 2.40. The van der Waals surface area contributed by atoms with Crippen LogP contribution in [-0.2, 0) is 37.4 Å². The van der Waals surface area contributed by atoms with E-state index in [1.54, 1.807) is 0 Å². The van der Waals surface area contributed by atoms with Gasteiger partial charge in [0.15, 0.2) is 6.61 Å². The van der Waals surface area contributed by atoms with Crippen LogP contribution in [0.4, 0.5) is 4.79 Å². The maximum absolute atomic E-state index is 12.9. The van der Waals surface area contributed by atoms with Crippen molar-refractivity contribution >= 4 is 22.1 Å². The van der Waals surface area contributed by atoms with Crippen LogP contribution in [0.5, 0.6) is 5.75 Å². The fourth-order valence-electron chi connectivity index (χ4n) is 4.19. The zero-order valence-electron chi connectivity index (χ0n) is 20.9. The number of aliphatic carboxylic acids is 1. The van der Waals surface area contributed by atoms with Crippen LogP contribution in [0.3, 0.4) is 0 Å². The van der Waals surface area contributed by atoms with Crippen LogP contribution in [0, 0.1) is 0 Å². The minimum absolute atomic E-state index is 0.0122. The lowest BCUT2D eigenvalue weighted by atomic mass is 9.89. The molecule has 1 atom stereocenters. The number of hydroxylamine groups is 2. The Morgan fingerprint density at radius 1 is 1.00 bits per heavy atom. The maximum atomic E-state index is 12.9. The molecule has 0 spiro atoms. The lowest BCUT2D eigenvalue weighted by Gasteiger charge is -2.36. The molecule has 0 aliphatic carbocycles. The van der Waals surface area contributed by atoms with Gasteiger partial charge < -0.3 is 19.4 Å². The van der Waals surface area contributed by atoms with E-state index in [9.17, 15) is 23.1 Å². The highest BCUT2D eigenvalue weighted by molar-refractivity contribution is 7.89. The number of carboxylic acids is 1. The number of carboxylic acid groups (broad SMARTS) is 1. The number of ether oxygens (including phenoxy) is 2. The summed E-state index contributed by atoms with van der Waals surface area (Å²) in [4.78, 5) is 29.6. The average molecular weight is 541 g/mol. The number of carbonyl (C=O) groups is 2. The van der Waals surface area contributed by atoms with Gasteiger partial charge in [0.2, 0.25) is 10.0 Å². The summed E-state index contributed by atoms with van der Waals surface area (Å²) in [5.74, 6) is -1.04. The lowest BCUT2D eigenvalue weighted by Crippen LogP contribution is -2.38. The van der Waals surface area contributed by atoms with Gasteiger partial charge in [-0.2, -0.15) is 0 Å². The SMILES string of the molecule is CN(C)S(=O)(=O)c1ccc(OCC(=O)O)c(C2c3ccccc3CCN2OC(=O)OCc2ccccc2)c1. The molecule has 0 aromatic heterocycles. The summed E-state index contributed by atoms with van der Waals surface area (Å²) < 4.78 is 37.8. The van der Waals surface area contributed by atoms with E-state index in [0.717, 1.165) is 21.0 Å². The van der Waals surface area contributed by atoms with Crippen LogP contribution < -0.4 is 4.74 Å². The Balaban J connectivity index is 1.73. The molecule has 0 bridgehead atoms. The lowest BCUT2D eigenvalue weighted by molar-refractivity contribution is -0.152. The van der Waals surface area contributed by atoms with Gasteiger partial charge in [0, 0.05) is 26.2 Å². The molecule has 1 heterocycles. The maximum Gasteiger partial charge on any atom is 0.528 e. The summed E-state index contributed by atoms with van der Waals surface area (Å²) in [5.41, 5.74) is 2.85. The van der Waals surface area contributed by atoms with Gasteiger partial charge in [-0.15, -0.1) is 5.06 Å². The van der Waals surface area contributed by atoms with Gasteiger partial charge in [-0.3, -0.25) is 0 Å². The molecule has 1 aliphatic heterocycles. The first-order valence-corrected chi connectivity index (χ1v) is 13.2. The Morgan fingerprint density at radius 2 is 1.71 bits per heavy atom. The van der Waals surface area contributed by atoms with Crippen molar-refractivity contribution in [1.82, 2.24) is 9.37 Å². The van der Waals surface area contributed by atoms with E-state index in [0.29, 0.717) is 12.0 Å². The minimum atomic E-state index is -3.83. The number of sulfonamides is 1. The molecular weight excluding hydrogens is 512 g/mol. The van der Waals surface area contributed by atoms with Crippen molar-refractivity contribution in [3.05, 3.63) is 95.1 Å². The molecule has 0 radical (unpaired) electrons. The van der Waals surface area contributed by atoms with E-state index in [-0.39, 0.29) is 23.8 Å². The Kier molecular flexibility index (Phi) is 8.30. The van der Waals surface area contributed by atoms with Crippen molar-refractivity contribution in [1.29, 1.82) is 0 Å². The summed E-state index contributed by atoms with van der Waals surface area (Å²) in [6.45, 7) is -0.343. The molecule has 3 aromatic carbocycles. The number of rotatable bonds is 9. The third-order valence-corrected chi connectivity index (χ3v) is 7.85. The van der Waals surface area contributed by atoms with E-state index in [1.165, 1.54) is 37.4 Å². The largest absolute Gasteiger partial charge is 0.528 e. The molecule has 0 amide bonds. The molecule has 0 saturated carbocycles. The van der Waals surface area contributed by atoms with E-state index >= 15 is 0 Å². The van der Waals surface area contributed by atoms with Gasteiger partial charge in [0.05, 0.1) is 10.9 Å². The molecule has 1 N–H and O–H groups in total. The van der Waals surface area contributed by atoms with Gasteiger partial charge in [-0.1, -0.05) is 54.6 Å². The van der Waals surface area contributed by atoms with Gasteiger partial charge in [-0.25, -0.2) is 22.3 Å². The minimum Gasteiger partial charge on any atom is -0.482 e. The van der Waals surface area contributed by atoms with Gasteiger partial charge in [-0.05, 0) is 41.3 Å². The van der Waals surface area contributed by atoms with Crippen molar-refractivity contribution in [3.8, 4) is 5.75 Å². The van der Waals surface area contributed by atoms with E-state index in [1.807, 2.05) is 54.6 Å². The van der Waals surface area contributed by atoms with Crippen molar-refractivity contribution in [2.45, 2.75) is 24.0 Å². The summed E-state index contributed by atoms with van der Waals surface area (Å²) >= 11 is 0. The van der Waals surface area contributed by atoms with Crippen molar-refractivity contribution in [2.24, 2.45) is 0 Å². The third kappa shape index (κ3) is 6.13. The molecular formula is C27H28N2O8S. The Labute approximate surface area is 221 Å². The second-order valence-corrected chi connectivity index (χ2v) is 10.9. The monoisotopic (exact) mass is 540 g/mol. The molecule has 0 fully saturated rings. The second-order valence-electron chi connectivity index (χ2n) is 8.78. The number of hydrogen-bond donors (Lipinski definition) is 1. The molecule has 0 saturated heterocycles. The van der Waals surface area contributed by atoms with Crippen LogP contribution in [0.25, 0.3) is 0 Å². The first-order chi connectivity index (χ1) is 18.2. The Bertz CT molecular complexity index is 1410. The Morgan fingerprint density at radius 3 is 2.42 bits per heavy atom. The zero-order chi connectivity index (χ0) is 27.3. The van der Waals surface area contributed by atoms with Crippen molar-refractivity contribution in [3.63, 3.8) is 0 Å². The highest BCUT2D eigenvalue weighted by Gasteiger charge is 2.35. The third-order valence-electron chi connectivity index (χ3n) is 6.04. The molecule has 1 aliphatic rings. The number of nitrogens with zero attached hydrogens (tertiary/aromatic N) is 2. The topological polar surface area (TPSA) is 123 Å². The van der Waals surface area contributed by atoms with Crippen LogP contribution in [0.1, 0.15) is 28.3 Å². The second kappa shape index (κ2) is 11.6. The smallest absolute Gasteiger partial charge is 0.482 e. The van der Waals surface area contributed by atoms with Crippen molar-refractivity contribution in [2.75, 3.05) is 27.2 Å². The van der Waals surface area contributed by atoms with Crippen LogP contribution in [0.2, 0.25) is 0 Å². The molecule has 4 rings (SSSR count). The highest BCUT2D eigenvalue weighted by atomic mass is 32.2. The average Bonchev–Trinajstić information content (AvgIpc) is 2.91. The summed E-state index contributed by atoms with van der Waals surface area (Å²) in [6, 6.07) is 20.0. The molecule has 11 heteroatoms. The normalized spacial score (nSPS) is 15.5. The zero-order valence-corrected chi connectivity index (χ0v) is 21.8. The van der Waals surface area contributed by atoms with Gasteiger partial charge in [0.25, 0.3) is 0 Å². The fraction of sp³-hybridized carbons (Fsp3) is 0.259. The first kappa shape index (κ1) is 27.1. The molecule has 1 unspecified atom stereocenters. The van der Waals surface area contributed by atoms with Gasteiger partial charge in [0.1, 0.15) is 12.4 Å². The molecule has 10 nitrogen and oxygen atoms in total. The first-order valence-electron chi connectivity index (χ1n) is 11.8. The number of hydrogen-bond acceptors (Lipinski definition) is 8. The molecule has 3 aromatic rings. The number of fused-ring (bicyclic) bond motifs is 1.